The first-order valence-corrected chi connectivity index (χ1v) is 8.07. The molecule has 0 heterocycles. The van der Waals surface area contributed by atoms with E-state index in [2.05, 4.69) is 17.4 Å². The Hall–Kier alpha value is -2.14. The molecule has 2 amide bonds. The number of carbonyl (C=O) groups excluding carboxylic acids is 2. The Morgan fingerprint density at radius 1 is 1.22 bits per heavy atom. The number of amides is 2. The lowest BCUT2D eigenvalue weighted by Gasteiger charge is -2.12. The summed E-state index contributed by atoms with van der Waals surface area (Å²) in [5, 5.41) is 11.5. The molecule has 124 valence electrons. The van der Waals surface area contributed by atoms with Crippen LogP contribution in [-0.2, 0) is 22.4 Å². The summed E-state index contributed by atoms with van der Waals surface area (Å²) in [5.41, 5.74) is 4.97. The first-order valence-electron chi connectivity index (χ1n) is 8.07. The quantitative estimate of drug-likeness (QED) is 0.312. The van der Waals surface area contributed by atoms with E-state index in [1.54, 1.807) is 5.48 Å². The minimum Gasteiger partial charge on any atom is -0.349 e. The SMILES string of the molecule is CC(=CCCCCC(=O)NO)C(=O)NC1Cc2ccccc2C1. The highest BCUT2D eigenvalue weighted by Crippen LogP contribution is 2.21. The number of allylic oxidation sites excluding steroid dienone is 1. The number of benzene rings is 1. The maximum Gasteiger partial charge on any atom is 0.246 e. The van der Waals surface area contributed by atoms with Crippen molar-refractivity contribution in [3.63, 3.8) is 0 Å². The van der Waals surface area contributed by atoms with Crippen molar-refractivity contribution in [2.45, 2.75) is 51.5 Å². The lowest BCUT2D eigenvalue weighted by atomic mass is 10.1. The second-order valence-electron chi connectivity index (χ2n) is 6.02. The molecular formula is C18H24N2O3. The van der Waals surface area contributed by atoms with Gasteiger partial charge in [0.25, 0.3) is 0 Å². The average Bonchev–Trinajstić information content (AvgIpc) is 2.96. The van der Waals surface area contributed by atoms with Crippen LogP contribution < -0.4 is 10.8 Å². The van der Waals surface area contributed by atoms with E-state index in [1.807, 2.05) is 25.1 Å². The molecule has 0 aromatic heterocycles. The molecular weight excluding hydrogens is 292 g/mol. The minimum absolute atomic E-state index is 0.0177. The highest BCUT2D eigenvalue weighted by molar-refractivity contribution is 5.93. The molecule has 0 spiro atoms. The van der Waals surface area contributed by atoms with Crippen LogP contribution in [0.3, 0.4) is 0 Å². The Morgan fingerprint density at radius 2 is 1.87 bits per heavy atom. The Bertz CT molecular complexity index is 571. The number of hydrogen-bond donors (Lipinski definition) is 3. The standard InChI is InChI=1S/C18H24N2O3/c1-13(7-3-2-4-10-17(21)20-23)18(22)19-16-11-14-8-5-6-9-15(14)12-16/h5-9,16,23H,2-4,10-12H2,1H3,(H,19,22)(H,20,21). The van der Waals surface area contributed by atoms with Gasteiger partial charge in [-0.1, -0.05) is 30.3 Å². The van der Waals surface area contributed by atoms with Crippen LogP contribution in [0.25, 0.3) is 0 Å². The third-order valence-electron chi connectivity index (χ3n) is 4.18. The van der Waals surface area contributed by atoms with Gasteiger partial charge < -0.3 is 5.32 Å². The lowest BCUT2D eigenvalue weighted by molar-refractivity contribution is -0.129. The fraction of sp³-hybridized carbons (Fsp3) is 0.444. The number of nitrogens with one attached hydrogen (secondary N) is 2. The molecule has 2 rings (SSSR count). The molecule has 1 aromatic carbocycles. The fourth-order valence-corrected chi connectivity index (χ4v) is 2.86. The Kier molecular flexibility index (Phi) is 6.35. The largest absolute Gasteiger partial charge is 0.349 e. The van der Waals surface area contributed by atoms with E-state index in [0.717, 1.165) is 25.7 Å². The second-order valence-corrected chi connectivity index (χ2v) is 6.02. The van der Waals surface area contributed by atoms with Crippen LogP contribution in [0.5, 0.6) is 0 Å². The summed E-state index contributed by atoms with van der Waals surface area (Å²) in [6.07, 6.45) is 6.26. The second kappa shape index (κ2) is 8.48. The molecule has 0 saturated heterocycles. The topological polar surface area (TPSA) is 78.4 Å². The number of rotatable bonds is 7. The lowest BCUT2D eigenvalue weighted by Crippen LogP contribution is -2.35. The van der Waals surface area contributed by atoms with Crippen molar-refractivity contribution in [2.75, 3.05) is 0 Å². The first kappa shape index (κ1) is 17.2. The van der Waals surface area contributed by atoms with Gasteiger partial charge in [0.15, 0.2) is 0 Å². The van der Waals surface area contributed by atoms with Gasteiger partial charge in [-0.2, -0.15) is 0 Å². The van der Waals surface area contributed by atoms with Crippen LogP contribution in [0, 0.1) is 0 Å². The highest BCUT2D eigenvalue weighted by atomic mass is 16.5. The van der Waals surface area contributed by atoms with Crippen LogP contribution in [-0.4, -0.2) is 23.1 Å². The summed E-state index contributed by atoms with van der Waals surface area (Å²) < 4.78 is 0. The van der Waals surface area contributed by atoms with Crippen LogP contribution in [0.4, 0.5) is 0 Å². The molecule has 0 aliphatic heterocycles. The van der Waals surface area contributed by atoms with Gasteiger partial charge in [-0.15, -0.1) is 0 Å². The van der Waals surface area contributed by atoms with Gasteiger partial charge in [0.05, 0.1) is 0 Å². The van der Waals surface area contributed by atoms with Crippen molar-refractivity contribution >= 4 is 11.8 Å². The predicted octanol–water partition coefficient (Wildman–Crippen LogP) is 2.28. The molecule has 0 radical (unpaired) electrons. The van der Waals surface area contributed by atoms with E-state index < -0.39 is 0 Å². The highest BCUT2D eigenvalue weighted by Gasteiger charge is 2.22. The Labute approximate surface area is 136 Å². The van der Waals surface area contributed by atoms with E-state index in [9.17, 15) is 9.59 Å². The number of hydroxylamine groups is 1. The van der Waals surface area contributed by atoms with E-state index in [1.165, 1.54) is 11.1 Å². The smallest absolute Gasteiger partial charge is 0.246 e. The van der Waals surface area contributed by atoms with Crippen LogP contribution >= 0.6 is 0 Å². The van der Waals surface area contributed by atoms with Gasteiger partial charge in [-0.3, -0.25) is 14.8 Å². The molecule has 5 nitrogen and oxygen atoms in total. The summed E-state index contributed by atoms with van der Waals surface area (Å²) in [5.74, 6) is -0.389. The van der Waals surface area contributed by atoms with Crippen LogP contribution in [0.15, 0.2) is 35.9 Å². The van der Waals surface area contributed by atoms with E-state index in [4.69, 9.17) is 5.21 Å². The summed E-state index contributed by atoms with van der Waals surface area (Å²) in [4.78, 5) is 23.1. The molecule has 0 saturated carbocycles. The zero-order valence-electron chi connectivity index (χ0n) is 13.5. The zero-order valence-corrected chi connectivity index (χ0v) is 13.5. The molecule has 1 aliphatic carbocycles. The first-order chi connectivity index (χ1) is 11.1. The zero-order chi connectivity index (χ0) is 16.7. The summed E-state index contributed by atoms with van der Waals surface area (Å²) in [7, 11) is 0. The molecule has 3 N–H and O–H groups in total. The van der Waals surface area contributed by atoms with E-state index in [-0.39, 0.29) is 17.9 Å². The van der Waals surface area contributed by atoms with Gasteiger partial charge in [-0.05, 0) is 50.2 Å². The van der Waals surface area contributed by atoms with Crippen molar-refractivity contribution in [1.29, 1.82) is 0 Å². The van der Waals surface area contributed by atoms with Gasteiger partial charge in [0.1, 0.15) is 0 Å². The van der Waals surface area contributed by atoms with Crippen LogP contribution in [0.2, 0.25) is 0 Å². The normalized spacial score (nSPS) is 14.4. The molecule has 1 aliphatic rings. The molecule has 23 heavy (non-hydrogen) atoms. The predicted molar refractivity (Wildman–Crippen MR) is 87.9 cm³/mol. The number of unbranched alkanes of at least 4 members (excludes halogenated alkanes) is 2. The van der Waals surface area contributed by atoms with Crippen LogP contribution in [0.1, 0.15) is 43.7 Å². The van der Waals surface area contributed by atoms with Crippen molar-refractivity contribution < 1.29 is 14.8 Å². The van der Waals surface area contributed by atoms with Gasteiger partial charge in [0.2, 0.25) is 11.8 Å². The monoisotopic (exact) mass is 316 g/mol. The number of carbonyl (C=O) groups is 2. The maximum absolute atomic E-state index is 12.2. The number of fused-ring (bicyclic) bond motifs is 1. The van der Waals surface area contributed by atoms with Crippen molar-refractivity contribution in [1.82, 2.24) is 10.8 Å². The van der Waals surface area contributed by atoms with E-state index in [0.29, 0.717) is 18.4 Å². The molecule has 0 bridgehead atoms. The summed E-state index contributed by atoms with van der Waals surface area (Å²) >= 11 is 0. The Morgan fingerprint density at radius 3 is 2.48 bits per heavy atom. The summed E-state index contributed by atoms with van der Waals surface area (Å²) in [6.45, 7) is 1.82. The summed E-state index contributed by atoms with van der Waals surface area (Å²) in [6, 6.07) is 8.48. The molecule has 0 fully saturated rings. The van der Waals surface area contributed by atoms with Gasteiger partial charge in [-0.25, -0.2) is 5.48 Å². The van der Waals surface area contributed by atoms with Crippen molar-refractivity contribution in [3.05, 3.63) is 47.0 Å². The molecule has 0 unspecified atom stereocenters. The van der Waals surface area contributed by atoms with Gasteiger partial charge >= 0.3 is 0 Å². The maximum atomic E-state index is 12.2. The molecule has 0 atom stereocenters. The Balaban J connectivity index is 1.71. The minimum atomic E-state index is -0.371. The van der Waals surface area contributed by atoms with Crippen molar-refractivity contribution in [3.8, 4) is 0 Å². The van der Waals surface area contributed by atoms with Gasteiger partial charge in [0, 0.05) is 18.0 Å². The number of hydrogen-bond acceptors (Lipinski definition) is 3. The molecule has 5 heteroatoms. The molecule has 1 aromatic rings. The average molecular weight is 316 g/mol. The third kappa shape index (κ3) is 5.21. The van der Waals surface area contributed by atoms with Crippen molar-refractivity contribution in [2.24, 2.45) is 0 Å². The third-order valence-corrected chi connectivity index (χ3v) is 4.18. The van der Waals surface area contributed by atoms with E-state index >= 15 is 0 Å². The fourth-order valence-electron chi connectivity index (χ4n) is 2.86.